The van der Waals surface area contributed by atoms with Crippen molar-refractivity contribution < 1.29 is 70.4 Å². The average Bonchev–Trinajstić information content (AvgIpc) is 2.67. The number of carbonyl (C=O) groups is 1. The second-order valence-electron chi connectivity index (χ2n) is 6.93. The Morgan fingerprint density at radius 3 is 2.29 bits per heavy atom. The van der Waals surface area contributed by atoms with Crippen LogP contribution in [0.5, 0.6) is 5.75 Å². The van der Waals surface area contributed by atoms with Gasteiger partial charge < -0.3 is 36.0 Å². The number of amidine groups is 1. The summed E-state index contributed by atoms with van der Waals surface area (Å²) in [6, 6.07) is 4.89. The number of ether oxygens (including phenoxy) is 2. The third-order valence-electron chi connectivity index (χ3n) is 3.37. The Bertz CT molecular complexity index is 784. The number of hydrogen-bond acceptors (Lipinski definition) is 6. The van der Waals surface area contributed by atoms with E-state index in [9.17, 15) is 9.59 Å². The minimum Gasteiger partial charge on any atom is -0.495 e. The maximum atomic E-state index is 12.5. The van der Waals surface area contributed by atoms with Crippen LogP contribution in [-0.4, -0.2) is 44.6 Å². The molecule has 0 bridgehead atoms. The summed E-state index contributed by atoms with van der Waals surface area (Å²) in [4.78, 5) is 30.8. The number of benzene rings is 1. The Labute approximate surface area is 228 Å². The first-order valence-corrected chi connectivity index (χ1v) is 9.27. The molecule has 166 valence electrons. The fraction of sp³-hybridized carbons (Fsp3) is 0.409. The van der Waals surface area contributed by atoms with Crippen molar-refractivity contribution in [2.24, 2.45) is 10.7 Å². The summed E-state index contributed by atoms with van der Waals surface area (Å²) in [7, 11) is 3.05. The van der Waals surface area contributed by atoms with E-state index in [4.69, 9.17) is 15.2 Å². The summed E-state index contributed by atoms with van der Waals surface area (Å²) in [6.07, 6.45) is 4.10. The monoisotopic (exact) mass is 455 g/mol. The Hall–Kier alpha value is -1.65. The molecular weight excluding hydrogens is 423 g/mol. The van der Waals surface area contributed by atoms with E-state index in [0.717, 1.165) is 0 Å². The van der Waals surface area contributed by atoms with Crippen LogP contribution in [0.15, 0.2) is 42.0 Å². The van der Waals surface area contributed by atoms with Gasteiger partial charge in [-0.15, -0.1) is 13.2 Å². The fourth-order valence-electron chi connectivity index (χ4n) is 2.22. The van der Waals surface area contributed by atoms with Crippen molar-refractivity contribution in [1.29, 1.82) is 0 Å². The Kier molecular flexibility index (Phi) is 15.5. The van der Waals surface area contributed by atoms with E-state index >= 15 is 0 Å². The number of methoxy groups -OCH3 is 1. The molecule has 0 unspecified atom stereocenters. The number of amides is 2. The smallest absolute Gasteiger partial charge is 0.495 e. The minimum atomic E-state index is -0.655. The van der Waals surface area contributed by atoms with Crippen LogP contribution in [0.4, 0.5) is 16.2 Å². The second-order valence-corrected chi connectivity index (χ2v) is 6.93. The van der Waals surface area contributed by atoms with Crippen LogP contribution >= 0.6 is 0 Å². The number of aliphatic imine (C=N–C) groups is 1. The summed E-state index contributed by atoms with van der Waals surface area (Å²) in [5, 5.41) is 0. The number of nitrogens with zero attached hydrogens (tertiary/aromatic N) is 3. The molecule has 0 aromatic heterocycles. The molecule has 0 spiro atoms. The molecular formula is C22H32KN4O4-. The largest absolute Gasteiger partial charge is 1.00 e. The zero-order valence-electron chi connectivity index (χ0n) is 19.9. The first-order chi connectivity index (χ1) is 14.0. The molecule has 0 aliphatic carbocycles. The number of carbonyl (C=O) groups excluding carboxylic acids is 2. The summed E-state index contributed by atoms with van der Waals surface area (Å²) in [6.45, 7) is 15.2. The van der Waals surface area contributed by atoms with Gasteiger partial charge in [-0.05, 0) is 33.8 Å². The minimum absolute atomic E-state index is 0. The summed E-state index contributed by atoms with van der Waals surface area (Å²) >= 11 is 0. The van der Waals surface area contributed by atoms with E-state index in [2.05, 4.69) is 24.2 Å². The summed E-state index contributed by atoms with van der Waals surface area (Å²) in [5.74, 6) is 0.653. The van der Waals surface area contributed by atoms with Gasteiger partial charge in [0.05, 0.1) is 12.8 Å². The molecule has 0 radical (unpaired) electrons. The van der Waals surface area contributed by atoms with E-state index in [0.29, 0.717) is 29.4 Å². The number of allylic oxidation sites excluding steroid dienone is 1. The zero-order chi connectivity index (χ0) is 23.5. The third-order valence-corrected chi connectivity index (χ3v) is 3.37. The predicted molar refractivity (Wildman–Crippen MR) is 122 cm³/mol. The van der Waals surface area contributed by atoms with E-state index in [-0.39, 0.29) is 57.2 Å². The van der Waals surface area contributed by atoms with Crippen LogP contribution in [0.1, 0.15) is 34.6 Å². The summed E-state index contributed by atoms with van der Waals surface area (Å²) in [5.41, 5.74) is 6.24. The van der Waals surface area contributed by atoms with Crippen LogP contribution in [0, 0.1) is 6.08 Å². The van der Waals surface area contributed by atoms with Crippen molar-refractivity contribution in [3.63, 3.8) is 0 Å². The van der Waals surface area contributed by atoms with Gasteiger partial charge in [-0.1, -0.05) is 24.7 Å². The standard InChI is InChI=1S/C20H28N4O4.C2H4.K/c1-8-22-18(11-14(2)21)24(13-25)15-9-10-17(27-7)16(12-15)23(6)19(26)28-20(3,4)5;1-2;/h9-10,12H,8,21H2,1-7H3;1-2H2;/q-2;;+1. The quantitative estimate of drug-likeness (QED) is 0.171. The molecule has 0 fully saturated rings. The molecule has 31 heavy (non-hydrogen) atoms. The topological polar surface area (TPSA) is 97.5 Å². The Balaban J connectivity index is 0. The van der Waals surface area contributed by atoms with Crippen molar-refractivity contribution in [3.05, 3.63) is 43.1 Å². The second kappa shape index (κ2) is 15.2. The van der Waals surface area contributed by atoms with Gasteiger partial charge in [0.2, 0.25) is 0 Å². The van der Waals surface area contributed by atoms with Gasteiger partial charge in [0.25, 0.3) is 0 Å². The first-order valence-electron chi connectivity index (χ1n) is 9.27. The molecule has 0 saturated carbocycles. The molecule has 0 aliphatic rings. The van der Waals surface area contributed by atoms with E-state index in [1.807, 2.05) is 13.3 Å². The predicted octanol–water partition coefficient (Wildman–Crippen LogP) is 0.830. The SMILES string of the molecule is C=C.CCN=C([C-]=C(C)N)N([C-]=O)c1ccc(OC)c(N(C)C(=O)OC(C)(C)C)c1.[K+]. The van der Waals surface area contributed by atoms with Gasteiger partial charge in [0, 0.05) is 13.6 Å². The first kappa shape index (κ1) is 31.5. The summed E-state index contributed by atoms with van der Waals surface area (Å²) < 4.78 is 10.8. The maximum absolute atomic E-state index is 12.5. The number of rotatable bonds is 6. The third kappa shape index (κ3) is 10.5. The molecule has 1 rings (SSSR count). The van der Waals surface area contributed by atoms with E-state index in [1.54, 1.807) is 52.9 Å². The van der Waals surface area contributed by atoms with Crippen LogP contribution in [0.3, 0.4) is 0 Å². The Morgan fingerprint density at radius 1 is 1.29 bits per heavy atom. The Morgan fingerprint density at radius 2 is 1.87 bits per heavy atom. The molecule has 0 saturated heterocycles. The molecule has 0 atom stereocenters. The van der Waals surface area contributed by atoms with Crippen molar-refractivity contribution in [3.8, 4) is 5.75 Å². The van der Waals surface area contributed by atoms with Gasteiger partial charge in [-0.25, -0.2) is 4.79 Å². The molecule has 2 N–H and O–H groups in total. The molecule has 0 heterocycles. The maximum Gasteiger partial charge on any atom is 1.00 e. The molecule has 1 aromatic carbocycles. The van der Waals surface area contributed by atoms with Crippen LogP contribution in [-0.2, 0) is 9.53 Å². The van der Waals surface area contributed by atoms with Crippen molar-refractivity contribution in [2.45, 2.75) is 40.2 Å². The van der Waals surface area contributed by atoms with Crippen molar-refractivity contribution in [1.82, 2.24) is 0 Å². The molecule has 1 aromatic rings. The van der Waals surface area contributed by atoms with Gasteiger partial charge in [0.15, 0.2) is 0 Å². The fourth-order valence-corrected chi connectivity index (χ4v) is 2.22. The number of nitrogens with two attached hydrogens (primary N) is 1. The van der Waals surface area contributed by atoms with Crippen molar-refractivity contribution >= 4 is 29.7 Å². The average molecular weight is 456 g/mol. The van der Waals surface area contributed by atoms with Crippen LogP contribution in [0.25, 0.3) is 0 Å². The van der Waals surface area contributed by atoms with Crippen LogP contribution < -0.4 is 71.7 Å². The number of anilines is 2. The molecule has 9 heteroatoms. The molecule has 2 amide bonds. The van der Waals surface area contributed by atoms with Gasteiger partial charge in [0.1, 0.15) is 17.8 Å². The molecule has 8 nitrogen and oxygen atoms in total. The zero-order valence-corrected chi connectivity index (χ0v) is 23.0. The molecule has 0 aliphatic heterocycles. The van der Waals surface area contributed by atoms with Gasteiger partial charge in [-0.3, -0.25) is 4.90 Å². The number of hydrogen-bond donors (Lipinski definition) is 1. The van der Waals surface area contributed by atoms with E-state index < -0.39 is 11.7 Å². The van der Waals surface area contributed by atoms with Gasteiger partial charge >= 0.3 is 57.5 Å². The van der Waals surface area contributed by atoms with Crippen molar-refractivity contribution in [2.75, 3.05) is 30.5 Å². The van der Waals surface area contributed by atoms with Gasteiger partial charge in [-0.2, -0.15) is 11.5 Å². The van der Waals surface area contributed by atoms with Crippen LogP contribution in [0.2, 0.25) is 0 Å². The normalized spacial score (nSPS) is 11.3. The van der Waals surface area contributed by atoms with E-state index in [1.165, 1.54) is 16.9 Å².